The maximum absolute atomic E-state index is 5.82. The van der Waals surface area contributed by atoms with Crippen molar-refractivity contribution in [2.24, 2.45) is 5.92 Å². The van der Waals surface area contributed by atoms with Crippen LogP contribution in [0.15, 0.2) is 22.9 Å². The van der Waals surface area contributed by atoms with Crippen molar-refractivity contribution in [1.82, 2.24) is 9.88 Å². The molecule has 0 bridgehead atoms. The highest BCUT2D eigenvalue weighted by Gasteiger charge is 2.24. The summed E-state index contributed by atoms with van der Waals surface area (Å²) in [5, 5.41) is 0. The molecule has 3 heterocycles. The highest BCUT2D eigenvalue weighted by atomic mass is 79.9. The van der Waals surface area contributed by atoms with Crippen molar-refractivity contribution in [2.45, 2.75) is 45.3 Å². The molecule has 0 radical (unpaired) electrons. The lowest BCUT2D eigenvalue weighted by atomic mass is 9.93. The molecular formula is C18H28BrN3O. The number of piperidine rings is 1. The van der Waals surface area contributed by atoms with E-state index in [1.54, 1.807) is 0 Å². The van der Waals surface area contributed by atoms with Gasteiger partial charge in [0.15, 0.2) is 0 Å². The fourth-order valence-corrected chi connectivity index (χ4v) is 4.24. The molecule has 1 aromatic heterocycles. The van der Waals surface area contributed by atoms with Crippen LogP contribution in [-0.4, -0.2) is 54.8 Å². The molecule has 0 N–H and O–H groups in total. The monoisotopic (exact) mass is 381 g/mol. The second-order valence-corrected chi connectivity index (χ2v) is 8.01. The Bertz CT molecular complexity index is 495. The Morgan fingerprint density at radius 1 is 1.17 bits per heavy atom. The summed E-state index contributed by atoms with van der Waals surface area (Å²) in [6.07, 6.45) is 8.49. The first-order chi connectivity index (χ1) is 11.1. The lowest BCUT2D eigenvalue weighted by Crippen LogP contribution is -2.46. The van der Waals surface area contributed by atoms with Gasteiger partial charge in [-0.15, -0.1) is 0 Å². The van der Waals surface area contributed by atoms with Gasteiger partial charge in [0, 0.05) is 36.8 Å². The van der Waals surface area contributed by atoms with Crippen LogP contribution in [0.3, 0.4) is 0 Å². The Morgan fingerprint density at radius 2 is 1.87 bits per heavy atom. The van der Waals surface area contributed by atoms with Crippen LogP contribution in [0.4, 0.5) is 5.69 Å². The van der Waals surface area contributed by atoms with Gasteiger partial charge in [-0.1, -0.05) is 0 Å². The van der Waals surface area contributed by atoms with Crippen LogP contribution in [-0.2, 0) is 4.74 Å². The van der Waals surface area contributed by atoms with E-state index in [4.69, 9.17) is 4.74 Å². The van der Waals surface area contributed by atoms with Crippen molar-refractivity contribution in [1.29, 1.82) is 0 Å². The van der Waals surface area contributed by atoms with Crippen molar-refractivity contribution >= 4 is 21.6 Å². The summed E-state index contributed by atoms with van der Waals surface area (Å²) in [5.41, 5.74) is 1.24. The van der Waals surface area contributed by atoms with E-state index in [2.05, 4.69) is 50.6 Å². The Morgan fingerprint density at radius 3 is 2.52 bits per heavy atom. The van der Waals surface area contributed by atoms with Crippen molar-refractivity contribution in [2.75, 3.05) is 37.6 Å². The number of aromatic nitrogens is 1. The molecule has 2 atom stereocenters. The van der Waals surface area contributed by atoms with E-state index < -0.39 is 0 Å². The van der Waals surface area contributed by atoms with Gasteiger partial charge in [0.25, 0.3) is 0 Å². The van der Waals surface area contributed by atoms with Crippen molar-refractivity contribution in [3.63, 3.8) is 0 Å². The SMILES string of the molecule is CC1CN(CCC2CCN(c3cncc(Br)c3)CC2)CC(C)O1. The summed E-state index contributed by atoms with van der Waals surface area (Å²) in [6.45, 7) is 10.1. The summed E-state index contributed by atoms with van der Waals surface area (Å²) >= 11 is 3.51. The average molecular weight is 382 g/mol. The summed E-state index contributed by atoms with van der Waals surface area (Å²) < 4.78 is 6.89. The number of halogens is 1. The molecule has 2 unspecified atom stereocenters. The van der Waals surface area contributed by atoms with E-state index in [1.165, 1.54) is 31.5 Å². The fourth-order valence-electron chi connectivity index (χ4n) is 3.89. The smallest absolute Gasteiger partial charge is 0.0678 e. The number of nitrogens with zero attached hydrogens (tertiary/aromatic N) is 3. The molecular weight excluding hydrogens is 354 g/mol. The average Bonchev–Trinajstić information content (AvgIpc) is 2.52. The molecule has 0 saturated carbocycles. The Labute approximate surface area is 148 Å². The molecule has 3 rings (SSSR count). The van der Waals surface area contributed by atoms with Crippen LogP contribution in [0.5, 0.6) is 0 Å². The van der Waals surface area contributed by atoms with Gasteiger partial charge in [-0.25, -0.2) is 0 Å². The molecule has 2 aliphatic rings. The minimum absolute atomic E-state index is 0.379. The van der Waals surface area contributed by atoms with Gasteiger partial charge in [-0.05, 0) is 67.6 Å². The summed E-state index contributed by atoms with van der Waals surface area (Å²) in [6, 6.07) is 2.17. The Hall–Kier alpha value is -0.650. The lowest BCUT2D eigenvalue weighted by Gasteiger charge is -2.37. The predicted octanol–water partition coefficient (Wildman–Crippen LogP) is 3.56. The number of morpholine rings is 1. The summed E-state index contributed by atoms with van der Waals surface area (Å²) in [7, 11) is 0. The van der Waals surface area contributed by atoms with E-state index in [-0.39, 0.29) is 0 Å². The first-order valence-electron chi connectivity index (χ1n) is 8.83. The number of hydrogen-bond acceptors (Lipinski definition) is 4. The molecule has 1 aromatic rings. The molecule has 2 saturated heterocycles. The van der Waals surface area contributed by atoms with E-state index in [0.29, 0.717) is 12.2 Å². The first-order valence-corrected chi connectivity index (χ1v) is 9.63. The number of pyridine rings is 1. The van der Waals surface area contributed by atoms with E-state index in [1.807, 2.05) is 12.4 Å². The van der Waals surface area contributed by atoms with Crippen LogP contribution >= 0.6 is 15.9 Å². The topological polar surface area (TPSA) is 28.6 Å². The number of anilines is 1. The van der Waals surface area contributed by atoms with E-state index in [0.717, 1.165) is 36.6 Å². The summed E-state index contributed by atoms with van der Waals surface area (Å²) in [4.78, 5) is 9.34. The van der Waals surface area contributed by atoms with Crippen LogP contribution in [0, 0.1) is 5.92 Å². The Kier molecular flexibility index (Phi) is 5.94. The highest BCUT2D eigenvalue weighted by Crippen LogP contribution is 2.26. The molecule has 2 fully saturated rings. The molecule has 23 heavy (non-hydrogen) atoms. The number of hydrogen-bond donors (Lipinski definition) is 0. The molecule has 0 spiro atoms. The van der Waals surface area contributed by atoms with Crippen LogP contribution in [0.1, 0.15) is 33.1 Å². The minimum atomic E-state index is 0.379. The van der Waals surface area contributed by atoms with Crippen LogP contribution in [0.2, 0.25) is 0 Å². The molecule has 0 aliphatic carbocycles. The molecule has 0 amide bonds. The molecule has 128 valence electrons. The van der Waals surface area contributed by atoms with E-state index >= 15 is 0 Å². The molecule has 2 aliphatic heterocycles. The predicted molar refractivity (Wildman–Crippen MR) is 97.9 cm³/mol. The van der Waals surface area contributed by atoms with Gasteiger partial charge in [-0.2, -0.15) is 0 Å². The van der Waals surface area contributed by atoms with Gasteiger partial charge in [-0.3, -0.25) is 9.88 Å². The third-order valence-corrected chi connectivity index (χ3v) is 5.45. The third-order valence-electron chi connectivity index (χ3n) is 5.02. The van der Waals surface area contributed by atoms with Gasteiger partial charge in [0.2, 0.25) is 0 Å². The minimum Gasteiger partial charge on any atom is -0.373 e. The van der Waals surface area contributed by atoms with Crippen molar-refractivity contribution in [3.8, 4) is 0 Å². The number of rotatable bonds is 4. The van der Waals surface area contributed by atoms with Gasteiger partial charge >= 0.3 is 0 Å². The normalized spacial score (nSPS) is 27.3. The quantitative estimate of drug-likeness (QED) is 0.796. The summed E-state index contributed by atoms with van der Waals surface area (Å²) in [5.74, 6) is 0.861. The molecule has 5 heteroatoms. The second kappa shape index (κ2) is 7.95. The Balaban J connectivity index is 1.42. The van der Waals surface area contributed by atoms with Crippen molar-refractivity contribution < 1.29 is 4.74 Å². The number of ether oxygens (including phenoxy) is 1. The zero-order valence-corrected chi connectivity index (χ0v) is 15.8. The second-order valence-electron chi connectivity index (χ2n) is 7.10. The molecule has 4 nitrogen and oxygen atoms in total. The van der Waals surface area contributed by atoms with Crippen LogP contribution < -0.4 is 4.90 Å². The zero-order chi connectivity index (χ0) is 16.2. The molecule has 0 aromatic carbocycles. The van der Waals surface area contributed by atoms with E-state index in [9.17, 15) is 0 Å². The third kappa shape index (κ3) is 4.91. The van der Waals surface area contributed by atoms with Gasteiger partial charge < -0.3 is 9.64 Å². The first kappa shape index (κ1) is 17.2. The zero-order valence-electron chi connectivity index (χ0n) is 14.2. The fraction of sp³-hybridized carbons (Fsp3) is 0.722. The standard InChI is InChI=1S/C18H28BrN3O/c1-14-12-21(13-15(2)23-14)6-3-16-4-7-22(8-5-16)18-9-17(19)10-20-11-18/h9-11,14-16H,3-8,12-13H2,1-2H3. The lowest BCUT2D eigenvalue weighted by molar-refractivity contribution is -0.0690. The largest absolute Gasteiger partial charge is 0.373 e. The van der Waals surface area contributed by atoms with Gasteiger partial charge in [0.1, 0.15) is 0 Å². The van der Waals surface area contributed by atoms with Crippen molar-refractivity contribution in [3.05, 3.63) is 22.9 Å². The maximum atomic E-state index is 5.82. The maximum Gasteiger partial charge on any atom is 0.0678 e. The van der Waals surface area contributed by atoms with Gasteiger partial charge in [0.05, 0.1) is 24.1 Å². The highest BCUT2D eigenvalue weighted by molar-refractivity contribution is 9.10. The van der Waals surface area contributed by atoms with Crippen LogP contribution in [0.25, 0.3) is 0 Å².